The molecule has 0 fully saturated rings. The number of hydrogen-bond donors (Lipinski definition) is 3. The molecule has 6 heterocycles. The SMILES string of the molecule is CC(=O)c1ccc2c(-c3ccc4c5c(ccnc35)CCO4)c([C@H](OC(C)(C)C)C(=O)O)c(C)cc2n1.Cc1cc2nc(C(C)O)ccc2c(-c2ccc3c4c(ccnc24)CCO3)c1[C@H](OC(C)(C)C)C(=O)O. The molecule has 2 aliphatic rings. The standard InChI is InChI=1S/C29H30N2O5.C29H28N2O5/c2*1-15-14-21-18(6-8-20(31-21)16(2)32)25(23(15)27(28(33)34)36-29(3,4)5)19-7-9-22-24-17(11-13-35-22)10-12-30-26(19)24/h6-10,12,14,16,27,32H,11,13H2,1-5H3,(H,33,34);6-10,12,14,27H,11,13H2,1-5H3,(H,33,34)/t16?,27-;27-/m00/s1. The molecule has 8 aromatic rings. The maximum absolute atomic E-state index is 12.6. The van der Waals surface area contributed by atoms with E-state index in [-0.39, 0.29) is 5.78 Å². The van der Waals surface area contributed by atoms with E-state index in [9.17, 15) is 29.7 Å². The number of aliphatic carboxylic acids is 2. The van der Waals surface area contributed by atoms with Crippen LogP contribution in [0.2, 0.25) is 0 Å². The Hall–Kier alpha value is -7.39. The zero-order valence-electron chi connectivity index (χ0n) is 42.1. The Morgan fingerprint density at radius 3 is 1.49 bits per heavy atom. The van der Waals surface area contributed by atoms with Gasteiger partial charge in [0.15, 0.2) is 18.0 Å². The summed E-state index contributed by atoms with van der Waals surface area (Å²) in [4.78, 5) is 56.0. The molecule has 3 atom stereocenters. The molecule has 3 N–H and O–H groups in total. The number of carboxylic acid groups (broad SMARTS) is 2. The third-order valence-corrected chi connectivity index (χ3v) is 12.9. The van der Waals surface area contributed by atoms with Gasteiger partial charge in [-0.15, -0.1) is 0 Å². The Balaban J connectivity index is 0.000000178. The summed E-state index contributed by atoms with van der Waals surface area (Å²) in [5, 5.41) is 34.1. The van der Waals surface area contributed by atoms with E-state index in [0.717, 1.165) is 84.7 Å². The number of aromatic nitrogens is 4. The van der Waals surface area contributed by atoms with Crippen LogP contribution in [0, 0.1) is 13.8 Å². The second-order valence-electron chi connectivity index (χ2n) is 20.5. The Kier molecular flexibility index (Phi) is 13.1. The number of hydrogen-bond acceptors (Lipinski definition) is 12. The van der Waals surface area contributed by atoms with Crippen LogP contribution >= 0.6 is 0 Å². The predicted octanol–water partition coefficient (Wildman–Crippen LogP) is 11.5. The first-order chi connectivity index (χ1) is 34.1. The van der Waals surface area contributed by atoms with Crippen molar-refractivity contribution in [1.29, 1.82) is 0 Å². The fourth-order valence-electron chi connectivity index (χ4n) is 9.92. The molecule has 0 saturated carbocycles. The molecular formula is C58H58N4O10. The lowest BCUT2D eigenvalue weighted by Crippen LogP contribution is -2.28. The Labute approximate surface area is 417 Å². The van der Waals surface area contributed by atoms with Gasteiger partial charge in [-0.1, -0.05) is 6.07 Å². The van der Waals surface area contributed by atoms with Crippen LogP contribution < -0.4 is 9.47 Å². The maximum Gasteiger partial charge on any atom is 0.337 e. The van der Waals surface area contributed by atoms with Gasteiger partial charge in [-0.25, -0.2) is 14.6 Å². The number of ether oxygens (including phenoxy) is 4. The molecule has 0 aliphatic carbocycles. The number of fused-ring (bicyclic) bond motifs is 2. The summed E-state index contributed by atoms with van der Waals surface area (Å²) in [6, 6.07) is 22.6. The number of ketones is 1. The number of aliphatic hydroxyl groups is 1. The summed E-state index contributed by atoms with van der Waals surface area (Å²) in [5.74, 6) is -0.751. The van der Waals surface area contributed by atoms with E-state index in [1.165, 1.54) is 6.92 Å². The fraction of sp³-hybridized carbons (Fsp3) is 0.328. The largest absolute Gasteiger partial charge is 0.493 e. The van der Waals surface area contributed by atoms with E-state index in [2.05, 4.69) is 4.98 Å². The number of aryl methyl sites for hydroxylation is 2. The molecule has 10 rings (SSSR count). The highest BCUT2D eigenvalue weighted by molar-refractivity contribution is 6.10. The molecule has 14 nitrogen and oxygen atoms in total. The average molecular weight is 971 g/mol. The van der Waals surface area contributed by atoms with E-state index in [4.69, 9.17) is 33.9 Å². The minimum atomic E-state index is -1.22. The van der Waals surface area contributed by atoms with Gasteiger partial charge in [-0.05, 0) is 162 Å². The normalized spacial score (nSPS) is 14.5. The third kappa shape index (κ3) is 9.45. The number of pyridine rings is 4. The molecule has 4 aromatic carbocycles. The van der Waals surface area contributed by atoms with Crippen molar-refractivity contribution in [2.24, 2.45) is 0 Å². The highest BCUT2D eigenvalue weighted by Crippen LogP contribution is 2.47. The summed E-state index contributed by atoms with van der Waals surface area (Å²) in [7, 11) is 0. The van der Waals surface area contributed by atoms with E-state index in [1.807, 2.05) is 116 Å². The average Bonchev–Trinajstić information content (AvgIpc) is 3.32. The Morgan fingerprint density at radius 2 is 1.07 bits per heavy atom. The van der Waals surface area contributed by atoms with Gasteiger partial charge in [0.05, 0.1) is 58.3 Å². The van der Waals surface area contributed by atoms with E-state index in [1.54, 1.807) is 31.5 Å². The molecule has 72 heavy (non-hydrogen) atoms. The number of carbonyl (C=O) groups excluding carboxylic acids is 1. The zero-order valence-corrected chi connectivity index (χ0v) is 42.1. The van der Waals surface area contributed by atoms with Crippen molar-refractivity contribution < 1.29 is 48.7 Å². The molecule has 4 aromatic heterocycles. The topological polar surface area (TPSA) is 200 Å². The van der Waals surface area contributed by atoms with Crippen molar-refractivity contribution in [1.82, 2.24) is 19.9 Å². The van der Waals surface area contributed by atoms with Gasteiger partial charge in [0.25, 0.3) is 0 Å². The van der Waals surface area contributed by atoms with Gasteiger partial charge in [-0.2, -0.15) is 0 Å². The summed E-state index contributed by atoms with van der Waals surface area (Å²) < 4.78 is 24.1. The monoisotopic (exact) mass is 970 g/mol. The summed E-state index contributed by atoms with van der Waals surface area (Å²) in [6.07, 6.45) is 1.96. The smallest absolute Gasteiger partial charge is 0.337 e. The molecule has 0 saturated heterocycles. The molecule has 0 spiro atoms. The molecule has 0 amide bonds. The second-order valence-corrected chi connectivity index (χ2v) is 20.5. The number of benzene rings is 4. The van der Waals surface area contributed by atoms with Gasteiger partial charge in [0, 0.05) is 76.0 Å². The van der Waals surface area contributed by atoms with Gasteiger partial charge in [-0.3, -0.25) is 19.7 Å². The number of carboxylic acids is 2. The summed E-state index contributed by atoms with van der Waals surface area (Å²) >= 11 is 0. The number of aliphatic hydroxyl groups excluding tert-OH is 1. The van der Waals surface area contributed by atoms with Crippen LogP contribution in [0.1, 0.15) is 123 Å². The molecule has 14 heteroatoms. The number of carbonyl (C=O) groups is 3. The quantitative estimate of drug-likeness (QED) is 0.109. The van der Waals surface area contributed by atoms with Crippen molar-refractivity contribution in [3.05, 3.63) is 130 Å². The van der Waals surface area contributed by atoms with E-state index < -0.39 is 41.5 Å². The molecular weight excluding hydrogens is 913 g/mol. The third-order valence-electron chi connectivity index (χ3n) is 12.9. The minimum Gasteiger partial charge on any atom is -0.493 e. The highest BCUT2D eigenvalue weighted by atomic mass is 16.5. The maximum atomic E-state index is 12.6. The van der Waals surface area contributed by atoms with Crippen LogP contribution in [0.4, 0.5) is 0 Å². The second kappa shape index (κ2) is 19.0. The van der Waals surface area contributed by atoms with Crippen molar-refractivity contribution >= 4 is 61.3 Å². The Morgan fingerprint density at radius 1 is 0.625 bits per heavy atom. The van der Waals surface area contributed by atoms with Gasteiger partial charge in [0.2, 0.25) is 0 Å². The van der Waals surface area contributed by atoms with Crippen LogP contribution in [0.15, 0.2) is 85.2 Å². The molecule has 1 unspecified atom stereocenters. The lowest BCUT2D eigenvalue weighted by Gasteiger charge is -2.29. The van der Waals surface area contributed by atoms with Crippen molar-refractivity contribution in [2.45, 2.75) is 112 Å². The van der Waals surface area contributed by atoms with E-state index in [0.29, 0.717) is 63.5 Å². The van der Waals surface area contributed by atoms with Gasteiger partial charge >= 0.3 is 11.9 Å². The van der Waals surface area contributed by atoms with Crippen LogP contribution in [0.5, 0.6) is 11.5 Å². The predicted molar refractivity (Wildman–Crippen MR) is 276 cm³/mol. The highest BCUT2D eigenvalue weighted by Gasteiger charge is 2.35. The molecule has 370 valence electrons. The number of Topliss-reactive ketones (excluding diaryl/α,β-unsaturated/α-hetero) is 1. The van der Waals surface area contributed by atoms with E-state index >= 15 is 0 Å². The number of nitrogens with zero attached hydrogens (tertiary/aromatic N) is 4. The van der Waals surface area contributed by atoms with Crippen LogP contribution in [0.3, 0.4) is 0 Å². The lowest BCUT2D eigenvalue weighted by molar-refractivity contribution is -0.161. The van der Waals surface area contributed by atoms with Gasteiger partial charge in [0.1, 0.15) is 17.2 Å². The van der Waals surface area contributed by atoms with Crippen LogP contribution in [-0.4, -0.2) is 77.4 Å². The van der Waals surface area contributed by atoms with Crippen molar-refractivity contribution in [2.75, 3.05) is 13.2 Å². The first kappa shape index (κ1) is 49.6. The summed E-state index contributed by atoms with van der Waals surface area (Å²) in [6.45, 7) is 19.1. The Bertz CT molecular complexity index is 3500. The van der Waals surface area contributed by atoms with Crippen LogP contribution in [0.25, 0.3) is 65.9 Å². The van der Waals surface area contributed by atoms with Crippen molar-refractivity contribution in [3.8, 4) is 33.8 Å². The minimum absolute atomic E-state index is 0.139. The first-order valence-corrected chi connectivity index (χ1v) is 24.1. The zero-order chi connectivity index (χ0) is 51.6. The van der Waals surface area contributed by atoms with Gasteiger partial charge < -0.3 is 34.3 Å². The molecule has 2 aliphatic heterocycles. The first-order valence-electron chi connectivity index (χ1n) is 24.1. The lowest BCUT2D eigenvalue weighted by atomic mass is 9.86. The van der Waals surface area contributed by atoms with Crippen LogP contribution in [-0.2, 0) is 31.9 Å². The molecule has 0 bridgehead atoms. The van der Waals surface area contributed by atoms with Crippen molar-refractivity contribution in [3.63, 3.8) is 0 Å². The summed E-state index contributed by atoms with van der Waals surface area (Å²) in [5.41, 5.74) is 10.1. The fourth-order valence-corrected chi connectivity index (χ4v) is 9.92. The molecule has 0 radical (unpaired) electrons. The number of rotatable bonds is 10.